The smallest absolute Gasteiger partial charge is 0.305 e. The molecule has 1 aromatic heterocycles. The van der Waals surface area contributed by atoms with E-state index in [1.807, 2.05) is 12.1 Å². The Kier molecular flexibility index (Phi) is 5.11. The Hall–Kier alpha value is -2.04. The summed E-state index contributed by atoms with van der Waals surface area (Å²) in [5.74, 6) is -3.43. The van der Waals surface area contributed by atoms with Crippen molar-refractivity contribution in [1.82, 2.24) is 4.98 Å². The van der Waals surface area contributed by atoms with Crippen molar-refractivity contribution in [3.05, 3.63) is 51.4 Å². The van der Waals surface area contributed by atoms with Gasteiger partial charge in [0.05, 0.1) is 28.6 Å². The number of halogens is 3. The zero-order valence-electron chi connectivity index (χ0n) is 14.0. The Labute approximate surface area is 174 Å². The molecule has 1 amide bonds. The molecule has 1 N–H and O–H groups in total. The van der Waals surface area contributed by atoms with Crippen LogP contribution in [0.5, 0.6) is 0 Å². The van der Waals surface area contributed by atoms with Crippen molar-refractivity contribution >= 4 is 66.8 Å². The van der Waals surface area contributed by atoms with Crippen molar-refractivity contribution in [2.75, 3.05) is 4.90 Å². The van der Waals surface area contributed by atoms with Crippen LogP contribution in [0.15, 0.2) is 39.7 Å². The molecule has 144 valence electrons. The van der Waals surface area contributed by atoms with Crippen molar-refractivity contribution < 1.29 is 23.5 Å². The Bertz CT molecular complexity index is 1120. The third kappa shape index (κ3) is 3.51. The molecule has 0 saturated carbocycles. The summed E-state index contributed by atoms with van der Waals surface area (Å²) in [6, 6.07) is 7.88. The topological polar surface area (TPSA) is 70.5 Å². The average molecular weight is 485 g/mol. The molecule has 0 spiro atoms. The zero-order valence-corrected chi connectivity index (χ0v) is 17.2. The summed E-state index contributed by atoms with van der Waals surface area (Å²) in [5.41, 5.74) is 0.548. The Morgan fingerprint density at radius 3 is 2.82 bits per heavy atom. The number of fused-ring (bicyclic) bond motifs is 2. The van der Waals surface area contributed by atoms with Gasteiger partial charge in [-0.25, -0.2) is 13.8 Å². The second-order valence-electron chi connectivity index (χ2n) is 6.06. The number of nitrogens with zero attached hydrogens (tertiary/aromatic N) is 2. The van der Waals surface area contributed by atoms with Gasteiger partial charge in [-0.15, -0.1) is 23.1 Å². The van der Waals surface area contributed by atoms with Crippen LogP contribution in [0.25, 0.3) is 10.2 Å². The van der Waals surface area contributed by atoms with E-state index in [1.165, 1.54) is 22.7 Å². The summed E-state index contributed by atoms with van der Waals surface area (Å²) in [6.45, 7) is 0.0410. The van der Waals surface area contributed by atoms with Crippen LogP contribution in [0.4, 0.5) is 14.5 Å². The maximum atomic E-state index is 14.0. The lowest BCUT2D eigenvalue weighted by atomic mass is 10.2. The van der Waals surface area contributed by atoms with E-state index in [0.29, 0.717) is 15.4 Å². The molecule has 10 heteroatoms. The fourth-order valence-electron chi connectivity index (χ4n) is 2.93. The van der Waals surface area contributed by atoms with E-state index in [4.69, 9.17) is 5.11 Å². The van der Waals surface area contributed by atoms with Crippen LogP contribution in [-0.4, -0.2) is 27.2 Å². The van der Waals surface area contributed by atoms with Crippen molar-refractivity contribution in [2.24, 2.45) is 0 Å². The maximum Gasteiger partial charge on any atom is 0.305 e. The highest BCUT2D eigenvalue weighted by atomic mass is 79.9. The van der Waals surface area contributed by atoms with E-state index in [-0.39, 0.29) is 24.4 Å². The second-order valence-corrected chi connectivity index (χ2v) is 9.33. The average Bonchev–Trinajstić information content (AvgIpc) is 3.05. The number of hydrogen-bond donors (Lipinski definition) is 1. The van der Waals surface area contributed by atoms with Gasteiger partial charge in [0.2, 0.25) is 5.91 Å². The van der Waals surface area contributed by atoms with Crippen molar-refractivity contribution in [2.45, 2.75) is 23.1 Å². The monoisotopic (exact) mass is 484 g/mol. The van der Waals surface area contributed by atoms with Crippen molar-refractivity contribution in [1.29, 1.82) is 0 Å². The molecular formula is C18H11BrF2N2O3S2. The fraction of sp³-hybridized carbons (Fsp3) is 0.167. The first-order chi connectivity index (χ1) is 13.3. The minimum absolute atomic E-state index is 0.0410. The van der Waals surface area contributed by atoms with Gasteiger partial charge in [-0.05, 0) is 30.3 Å². The van der Waals surface area contributed by atoms with E-state index in [0.717, 1.165) is 26.8 Å². The molecule has 4 rings (SSSR count). The van der Waals surface area contributed by atoms with Crippen molar-refractivity contribution in [3.63, 3.8) is 0 Å². The van der Waals surface area contributed by atoms with Gasteiger partial charge >= 0.3 is 5.97 Å². The van der Waals surface area contributed by atoms with Crippen LogP contribution < -0.4 is 4.90 Å². The summed E-state index contributed by atoms with van der Waals surface area (Å²) < 4.78 is 28.7. The number of thioether (sulfide) groups is 1. The van der Waals surface area contributed by atoms with Crippen LogP contribution in [0.3, 0.4) is 0 Å². The summed E-state index contributed by atoms with van der Waals surface area (Å²) in [7, 11) is 0. The third-order valence-corrected chi connectivity index (χ3v) is 6.92. The summed E-state index contributed by atoms with van der Waals surface area (Å²) in [4.78, 5) is 30.5. The quantitative estimate of drug-likeness (QED) is 0.574. The number of carboxylic acids is 1. The molecule has 0 aliphatic carbocycles. The normalized spacial score (nSPS) is 16.5. The SMILES string of the molecule is O=C(O)CC1Sc2ccc(Br)cc2N(Cc2nc3c(F)c(F)ccc3s2)C1=O. The number of amides is 1. The zero-order chi connectivity index (χ0) is 20.0. The number of thiazole rings is 1. The molecule has 2 aromatic carbocycles. The lowest BCUT2D eigenvalue weighted by molar-refractivity contribution is -0.138. The fourth-order valence-corrected chi connectivity index (χ4v) is 5.43. The van der Waals surface area contributed by atoms with Gasteiger partial charge in [0.1, 0.15) is 10.5 Å². The molecule has 1 aliphatic rings. The first kappa shape index (κ1) is 19.3. The number of hydrogen-bond acceptors (Lipinski definition) is 5. The van der Waals surface area contributed by atoms with Gasteiger partial charge in [0, 0.05) is 9.37 Å². The van der Waals surface area contributed by atoms with E-state index >= 15 is 0 Å². The number of rotatable bonds is 4. The third-order valence-electron chi connectivity index (χ3n) is 4.17. The molecule has 0 fully saturated rings. The number of carbonyl (C=O) groups excluding carboxylic acids is 1. The van der Waals surface area contributed by atoms with E-state index in [9.17, 15) is 18.4 Å². The number of carbonyl (C=O) groups is 2. The van der Waals surface area contributed by atoms with Gasteiger partial charge in [-0.2, -0.15) is 0 Å². The molecule has 1 aliphatic heterocycles. The van der Waals surface area contributed by atoms with Gasteiger partial charge in [-0.1, -0.05) is 15.9 Å². The van der Waals surface area contributed by atoms with E-state index in [1.54, 1.807) is 6.07 Å². The number of benzene rings is 2. The minimum Gasteiger partial charge on any atom is -0.481 e. The molecule has 28 heavy (non-hydrogen) atoms. The van der Waals surface area contributed by atoms with E-state index in [2.05, 4.69) is 20.9 Å². The van der Waals surface area contributed by atoms with Gasteiger partial charge < -0.3 is 10.0 Å². The number of aromatic nitrogens is 1. The van der Waals surface area contributed by atoms with Crippen LogP contribution in [0, 0.1) is 11.6 Å². The number of anilines is 1. The number of carboxylic acid groups (broad SMARTS) is 1. The predicted octanol–water partition coefficient (Wildman–Crippen LogP) is 4.82. The molecule has 3 aromatic rings. The second kappa shape index (κ2) is 7.41. The first-order valence-corrected chi connectivity index (χ1v) is 10.5. The largest absolute Gasteiger partial charge is 0.481 e. The Morgan fingerprint density at radius 1 is 1.29 bits per heavy atom. The highest BCUT2D eigenvalue weighted by Crippen LogP contribution is 2.42. The Balaban J connectivity index is 1.74. The highest BCUT2D eigenvalue weighted by Gasteiger charge is 2.35. The number of aliphatic carboxylic acids is 1. The minimum atomic E-state index is -1.07. The van der Waals surface area contributed by atoms with Crippen LogP contribution in [0.1, 0.15) is 11.4 Å². The van der Waals surface area contributed by atoms with Gasteiger partial charge in [-0.3, -0.25) is 9.59 Å². The van der Waals surface area contributed by atoms with Gasteiger partial charge in [0.25, 0.3) is 0 Å². The maximum absolute atomic E-state index is 14.0. The molecule has 1 atom stereocenters. The van der Waals surface area contributed by atoms with Gasteiger partial charge in [0.15, 0.2) is 11.6 Å². The van der Waals surface area contributed by atoms with Crippen LogP contribution in [-0.2, 0) is 16.1 Å². The summed E-state index contributed by atoms with van der Waals surface area (Å²) >= 11 is 5.75. The van der Waals surface area contributed by atoms with E-state index < -0.39 is 22.9 Å². The predicted molar refractivity (Wildman–Crippen MR) is 107 cm³/mol. The molecule has 5 nitrogen and oxygen atoms in total. The first-order valence-electron chi connectivity index (χ1n) is 8.06. The lowest BCUT2D eigenvalue weighted by Gasteiger charge is -2.32. The van der Waals surface area contributed by atoms with Crippen molar-refractivity contribution in [3.8, 4) is 0 Å². The highest BCUT2D eigenvalue weighted by molar-refractivity contribution is 9.10. The Morgan fingerprint density at radius 2 is 2.07 bits per heavy atom. The van der Waals surface area contributed by atoms with Crippen LogP contribution in [0.2, 0.25) is 0 Å². The molecule has 1 unspecified atom stereocenters. The van der Waals surface area contributed by atoms with Crippen LogP contribution >= 0.6 is 39.0 Å². The summed E-state index contributed by atoms with van der Waals surface area (Å²) in [5, 5.41) is 8.79. The molecule has 0 saturated heterocycles. The standard InChI is InChI=1S/C18H11BrF2N2O3S2/c19-8-1-3-11-10(5-8)23(18(26)13(27-11)6-15(24)25)7-14-22-17-12(28-14)4-2-9(20)16(17)21/h1-5,13H,6-7H2,(H,24,25). The lowest BCUT2D eigenvalue weighted by Crippen LogP contribution is -2.41. The molecule has 0 radical (unpaired) electrons. The molecule has 0 bridgehead atoms. The molecule has 2 heterocycles. The molecular weight excluding hydrogens is 474 g/mol. The summed E-state index contributed by atoms with van der Waals surface area (Å²) in [6.07, 6.45) is -0.310.